The molecular formula is C42H50N6O10. The number of benzene rings is 3. The highest BCUT2D eigenvalue weighted by atomic mass is 16.7. The summed E-state index contributed by atoms with van der Waals surface area (Å²) in [5.74, 6) is -1.40. The Labute approximate surface area is 337 Å². The van der Waals surface area contributed by atoms with Crippen LogP contribution in [0, 0.1) is 16.0 Å². The van der Waals surface area contributed by atoms with Crippen molar-refractivity contribution in [1.29, 1.82) is 0 Å². The Hall–Kier alpha value is -6.97. The molecule has 0 aliphatic heterocycles. The van der Waals surface area contributed by atoms with E-state index in [0.717, 1.165) is 28.7 Å². The number of non-ortho nitro benzene ring substituents is 1. The van der Waals surface area contributed by atoms with Crippen LogP contribution in [0.3, 0.4) is 0 Å². The van der Waals surface area contributed by atoms with E-state index in [4.69, 9.17) is 19.9 Å². The van der Waals surface area contributed by atoms with Crippen LogP contribution in [0.2, 0.25) is 0 Å². The number of ether oxygens (including phenoxy) is 3. The smallest absolute Gasteiger partial charge is 0.449 e. The molecular weight excluding hydrogens is 748 g/mol. The van der Waals surface area contributed by atoms with Gasteiger partial charge in [-0.25, -0.2) is 14.4 Å². The van der Waals surface area contributed by atoms with Crippen molar-refractivity contribution in [1.82, 2.24) is 16.0 Å². The third-order valence-electron chi connectivity index (χ3n) is 8.55. The van der Waals surface area contributed by atoms with Crippen LogP contribution in [-0.2, 0) is 25.7 Å². The second kappa shape index (κ2) is 23.2. The van der Waals surface area contributed by atoms with Gasteiger partial charge in [0.1, 0.15) is 25.0 Å². The summed E-state index contributed by atoms with van der Waals surface area (Å²) in [6.45, 7) is 9.79. The molecule has 0 spiro atoms. The second-order valence-corrected chi connectivity index (χ2v) is 13.2. The van der Waals surface area contributed by atoms with Crippen molar-refractivity contribution in [2.24, 2.45) is 11.7 Å². The lowest BCUT2D eigenvalue weighted by molar-refractivity contribution is -0.384. The number of carbonyl (C=O) groups excluding carboxylic acids is 5. The summed E-state index contributed by atoms with van der Waals surface area (Å²) >= 11 is 0. The summed E-state index contributed by atoms with van der Waals surface area (Å²) in [5.41, 5.74) is 9.96. The molecule has 0 radical (unpaired) electrons. The first-order chi connectivity index (χ1) is 27.7. The second-order valence-electron chi connectivity index (χ2n) is 13.2. The van der Waals surface area contributed by atoms with E-state index in [1.165, 1.54) is 24.3 Å². The van der Waals surface area contributed by atoms with Gasteiger partial charge in [0.05, 0.1) is 11.5 Å². The SMILES string of the molecule is C/C=C\C=C/C1=C(C)c2ccccc2C1COC(=O)NC(C(=O)NCC(=O)Nc1ccc(COC(=O)Oc2ccc([N+](=O)[O-])cc2)cc1)C(C)C.CCCNC(N)=O. The van der Waals surface area contributed by atoms with Gasteiger partial charge in [-0.2, -0.15) is 0 Å². The summed E-state index contributed by atoms with van der Waals surface area (Å²) < 4.78 is 15.7. The highest BCUT2D eigenvalue weighted by Crippen LogP contribution is 2.42. The number of nitrogens with two attached hydrogens (primary N) is 1. The number of rotatable bonds is 16. The highest BCUT2D eigenvalue weighted by Gasteiger charge is 2.30. The van der Waals surface area contributed by atoms with E-state index in [0.29, 0.717) is 17.8 Å². The Balaban J connectivity index is 0.00000117. The first-order valence-electron chi connectivity index (χ1n) is 18.6. The summed E-state index contributed by atoms with van der Waals surface area (Å²) in [6.07, 6.45) is 7.04. The quantitative estimate of drug-likeness (QED) is 0.0331. The van der Waals surface area contributed by atoms with E-state index in [9.17, 15) is 34.1 Å². The van der Waals surface area contributed by atoms with Crippen LogP contribution in [-0.4, -0.2) is 60.8 Å². The molecule has 0 aromatic heterocycles. The lowest BCUT2D eigenvalue weighted by atomic mass is 9.96. The maximum absolute atomic E-state index is 13.0. The first-order valence-corrected chi connectivity index (χ1v) is 18.6. The normalized spacial score (nSPS) is 13.5. The van der Waals surface area contributed by atoms with Gasteiger partial charge in [-0.1, -0.05) is 81.5 Å². The molecule has 0 saturated heterocycles. The standard InChI is InChI=1S/C38H40N4O9.C4H10N2O/c1-5-6-7-10-31-25(4)30-11-8-9-12-32(30)33(31)23-49-37(45)41-35(24(2)3)36(44)39-21-34(43)40-27-15-13-26(14-16-27)22-50-38(46)51-29-19-17-28(18-20-29)42(47)48;1-2-3-6-4(5)7/h5-20,24,33,35H,21-23H2,1-4H3,(H,39,44)(H,40,43)(H,41,45);2-3H2,1H3,(H3,5,6,7)/b6-5-,10-7-;. The summed E-state index contributed by atoms with van der Waals surface area (Å²) in [4.78, 5) is 70.5. The Kier molecular flexibility index (Phi) is 18.2. The van der Waals surface area contributed by atoms with Crippen LogP contribution in [0.15, 0.2) is 103 Å². The molecule has 2 atom stereocenters. The average Bonchev–Trinajstić information content (AvgIpc) is 3.47. The zero-order valence-electron chi connectivity index (χ0n) is 33.1. The Morgan fingerprint density at radius 2 is 1.62 bits per heavy atom. The van der Waals surface area contributed by atoms with E-state index in [1.54, 1.807) is 38.1 Å². The Morgan fingerprint density at radius 3 is 2.22 bits per heavy atom. The van der Waals surface area contributed by atoms with Crippen LogP contribution < -0.4 is 31.7 Å². The monoisotopic (exact) mass is 798 g/mol. The van der Waals surface area contributed by atoms with Crippen molar-refractivity contribution < 1.29 is 43.1 Å². The Morgan fingerprint density at radius 1 is 0.931 bits per heavy atom. The van der Waals surface area contributed by atoms with Crippen LogP contribution >= 0.6 is 0 Å². The third kappa shape index (κ3) is 14.6. The number of alkyl carbamates (subject to hydrolysis) is 1. The minimum atomic E-state index is -0.992. The maximum Gasteiger partial charge on any atom is 0.514 e. The van der Waals surface area contributed by atoms with Crippen molar-refractivity contribution in [2.45, 2.75) is 59.6 Å². The molecule has 0 heterocycles. The maximum atomic E-state index is 13.0. The number of nitro groups is 1. The van der Waals surface area contributed by atoms with Crippen molar-refractivity contribution in [2.75, 3.05) is 25.0 Å². The van der Waals surface area contributed by atoms with E-state index < -0.39 is 41.1 Å². The lowest BCUT2D eigenvalue weighted by Gasteiger charge is -2.22. The number of hydrogen-bond acceptors (Lipinski definition) is 10. The molecule has 58 heavy (non-hydrogen) atoms. The predicted molar refractivity (Wildman–Crippen MR) is 219 cm³/mol. The summed E-state index contributed by atoms with van der Waals surface area (Å²) in [7, 11) is 0. The summed E-state index contributed by atoms with van der Waals surface area (Å²) in [5, 5.41) is 21.1. The number of nitro benzene ring substituents is 1. The summed E-state index contributed by atoms with van der Waals surface area (Å²) in [6, 6.07) is 18.0. The zero-order chi connectivity index (χ0) is 42.6. The lowest BCUT2D eigenvalue weighted by Crippen LogP contribution is -2.51. The fourth-order valence-electron chi connectivity index (χ4n) is 5.60. The molecule has 0 saturated carbocycles. The molecule has 16 nitrogen and oxygen atoms in total. The van der Waals surface area contributed by atoms with Gasteiger partial charge in [-0.05, 0) is 78.3 Å². The number of nitrogens with zero attached hydrogens (tertiary/aromatic N) is 1. The minimum Gasteiger partial charge on any atom is -0.449 e. The molecule has 3 aromatic carbocycles. The number of hydrogen-bond donors (Lipinski definition) is 5. The average molecular weight is 799 g/mol. The highest BCUT2D eigenvalue weighted by molar-refractivity contribution is 5.95. The first kappa shape index (κ1) is 45.4. The molecule has 2 unspecified atom stereocenters. The van der Waals surface area contributed by atoms with Gasteiger partial charge in [0.15, 0.2) is 0 Å². The molecule has 4 rings (SSSR count). The van der Waals surface area contributed by atoms with E-state index in [-0.39, 0.29) is 43.0 Å². The van der Waals surface area contributed by atoms with Gasteiger partial charge in [-0.3, -0.25) is 19.7 Å². The van der Waals surface area contributed by atoms with Gasteiger partial charge in [-0.15, -0.1) is 0 Å². The molecule has 6 N–H and O–H groups in total. The Bertz CT molecular complexity index is 1990. The van der Waals surface area contributed by atoms with Crippen LogP contribution in [0.4, 0.5) is 25.8 Å². The van der Waals surface area contributed by atoms with Crippen molar-refractivity contribution in [3.8, 4) is 5.75 Å². The third-order valence-corrected chi connectivity index (χ3v) is 8.55. The molecule has 1 aliphatic carbocycles. The van der Waals surface area contributed by atoms with Crippen molar-refractivity contribution in [3.63, 3.8) is 0 Å². The van der Waals surface area contributed by atoms with Crippen molar-refractivity contribution in [3.05, 3.63) is 129 Å². The van der Waals surface area contributed by atoms with Gasteiger partial charge >= 0.3 is 18.3 Å². The van der Waals surface area contributed by atoms with Crippen LogP contribution in [0.5, 0.6) is 5.75 Å². The predicted octanol–water partition coefficient (Wildman–Crippen LogP) is 6.88. The zero-order valence-corrected chi connectivity index (χ0v) is 33.1. The number of anilines is 1. The molecule has 0 fully saturated rings. The topological polar surface area (TPSA) is 230 Å². The molecule has 1 aliphatic rings. The number of urea groups is 1. The number of allylic oxidation sites excluding steroid dienone is 5. The van der Waals surface area contributed by atoms with Crippen LogP contribution in [0.1, 0.15) is 63.6 Å². The van der Waals surface area contributed by atoms with E-state index in [2.05, 4.69) is 21.3 Å². The number of primary amides is 1. The number of amides is 5. The van der Waals surface area contributed by atoms with Crippen LogP contribution in [0.25, 0.3) is 5.57 Å². The number of nitrogens with one attached hydrogen (secondary N) is 4. The molecule has 16 heteroatoms. The van der Waals surface area contributed by atoms with Gasteiger partial charge in [0.2, 0.25) is 11.8 Å². The minimum absolute atomic E-state index is 0.0850. The van der Waals surface area contributed by atoms with Gasteiger partial charge < -0.3 is 41.2 Å². The molecule has 308 valence electrons. The van der Waals surface area contributed by atoms with Gasteiger partial charge in [0, 0.05) is 30.3 Å². The molecule has 0 bridgehead atoms. The number of fused-ring (bicyclic) bond motifs is 1. The van der Waals surface area contributed by atoms with E-state index in [1.807, 2.05) is 69.3 Å². The molecule has 3 aromatic rings. The van der Waals surface area contributed by atoms with Crippen molar-refractivity contribution >= 4 is 47.0 Å². The van der Waals surface area contributed by atoms with Gasteiger partial charge in [0.25, 0.3) is 5.69 Å². The van der Waals surface area contributed by atoms with E-state index >= 15 is 0 Å². The molecule has 5 amide bonds. The fraction of sp³-hybridized carbons (Fsp3) is 0.310. The number of carbonyl (C=O) groups is 5. The fourth-order valence-corrected chi connectivity index (χ4v) is 5.60. The largest absolute Gasteiger partial charge is 0.514 e.